The van der Waals surface area contributed by atoms with Crippen LogP contribution < -0.4 is 5.32 Å². The number of hydrogen-bond acceptors (Lipinski definition) is 3. The standard InChI is InChI=1S/C17H27N3/c1-2-19-9-11-20(12-10-19)14-16-6-4-3-5-15(16)13-18-17-7-8-17/h3-6,17-18H,2,7-14H2,1H3. The molecule has 1 aliphatic carbocycles. The molecule has 0 radical (unpaired) electrons. The van der Waals surface area contributed by atoms with E-state index in [2.05, 4.69) is 46.3 Å². The molecule has 0 unspecified atom stereocenters. The highest BCUT2D eigenvalue weighted by molar-refractivity contribution is 5.27. The molecule has 0 atom stereocenters. The minimum absolute atomic E-state index is 0.788. The number of nitrogens with one attached hydrogen (secondary N) is 1. The minimum atomic E-state index is 0.788. The van der Waals surface area contributed by atoms with Gasteiger partial charge in [-0.25, -0.2) is 0 Å². The van der Waals surface area contributed by atoms with Gasteiger partial charge in [0, 0.05) is 45.3 Å². The van der Waals surface area contributed by atoms with E-state index in [9.17, 15) is 0 Å². The van der Waals surface area contributed by atoms with E-state index in [1.807, 2.05) is 0 Å². The minimum Gasteiger partial charge on any atom is -0.310 e. The third-order valence-corrected chi connectivity index (χ3v) is 4.58. The lowest BCUT2D eigenvalue weighted by Gasteiger charge is -2.34. The van der Waals surface area contributed by atoms with Crippen LogP contribution in [0.2, 0.25) is 0 Å². The SMILES string of the molecule is CCN1CCN(Cc2ccccc2CNC2CC2)CC1. The predicted octanol–water partition coefficient (Wildman–Crippen LogP) is 2.08. The molecule has 1 N–H and O–H groups in total. The Bertz CT molecular complexity index is 420. The molecule has 1 aromatic rings. The van der Waals surface area contributed by atoms with Crippen molar-refractivity contribution in [3.63, 3.8) is 0 Å². The van der Waals surface area contributed by atoms with Crippen LogP contribution in [0.5, 0.6) is 0 Å². The van der Waals surface area contributed by atoms with Gasteiger partial charge in [0.05, 0.1) is 0 Å². The van der Waals surface area contributed by atoms with Crippen LogP contribution in [0.1, 0.15) is 30.9 Å². The molecule has 3 heteroatoms. The summed E-state index contributed by atoms with van der Waals surface area (Å²) in [6.07, 6.45) is 2.72. The fourth-order valence-corrected chi connectivity index (χ4v) is 2.93. The molecule has 1 heterocycles. The van der Waals surface area contributed by atoms with Crippen molar-refractivity contribution >= 4 is 0 Å². The molecular weight excluding hydrogens is 246 g/mol. The number of nitrogens with zero attached hydrogens (tertiary/aromatic N) is 2. The van der Waals surface area contributed by atoms with Crippen LogP contribution in [0.25, 0.3) is 0 Å². The topological polar surface area (TPSA) is 18.5 Å². The first-order chi connectivity index (χ1) is 9.85. The Kier molecular flexibility index (Phi) is 4.71. The zero-order chi connectivity index (χ0) is 13.8. The van der Waals surface area contributed by atoms with Crippen molar-refractivity contribution in [3.05, 3.63) is 35.4 Å². The second-order valence-corrected chi connectivity index (χ2v) is 6.13. The van der Waals surface area contributed by atoms with Crippen LogP contribution in [0.3, 0.4) is 0 Å². The second kappa shape index (κ2) is 6.70. The van der Waals surface area contributed by atoms with E-state index in [-0.39, 0.29) is 0 Å². The van der Waals surface area contributed by atoms with Gasteiger partial charge in [0.25, 0.3) is 0 Å². The summed E-state index contributed by atoms with van der Waals surface area (Å²) in [6, 6.07) is 9.72. The maximum absolute atomic E-state index is 3.64. The van der Waals surface area contributed by atoms with Gasteiger partial charge in [-0.15, -0.1) is 0 Å². The van der Waals surface area contributed by atoms with Crippen molar-refractivity contribution in [1.82, 2.24) is 15.1 Å². The molecule has 1 saturated heterocycles. The molecule has 0 bridgehead atoms. The van der Waals surface area contributed by atoms with Gasteiger partial charge in [-0.3, -0.25) is 4.90 Å². The van der Waals surface area contributed by atoms with Crippen LogP contribution in [0, 0.1) is 0 Å². The van der Waals surface area contributed by atoms with Crippen LogP contribution in [-0.2, 0) is 13.1 Å². The first-order valence-electron chi connectivity index (χ1n) is 8.10. The molecule has 20 heavy (non-hydrogen) atoms. The molecule has 110 valence electrons. The maximum atomic E-state index is 3.64. The summed E-state index contributed by atoms with van der Waals surface area (Å²) in [5.41, 5.74) is 2.99. The van der Waals surface area contributed by atoms with Crippen LogP contribution in [0.4, 0.5) is 0 Å². The lowest BCUT2D eigenvalue weighted by Crippen LogP contribution is -2.45. The highest BCUT2D eigenvalue weighted by atomic mass is 15.3. The monoisotopic (exact) mass is 273 g/mol. The van der Waals surface area contributed by atoms with Crippen LogP contribution >= 0.6 is 0 Å². The Morgan fingerprint density at radius 3 is 2.30 bits per heavy atom. The fourth-order valence-electron chi connectivity index (χ4n) is 2.93. The van der Waals surface area contributed by atoms with Gasteiger partial charge < -0.3 is 10.2 Å². The predicted molar refractivity (Wildman–Crippen MR) is 83.7 cm³/mol. The van der Waals surface area contributed by atoms with Gasteiger partial charge in [-0.05, 0) is 30.5 Å². The van der Waals surface area contributed by atoms with Crippen LogP contribution in [0.15, 0.2) is 24.3 Å². The molecular formula is C17H27N3. The first-order valence-corrected chi connectivity index (χ1v) is 8.10. The second-order valence-electron chi connectivity index (χ2n) is 6.13. The highest BCUT2D eigenvalue weighted by Gasteiger charge is 2.21. The molecule has 0 aromatic heterocycles. The lowest BCUT2D eigenvalue weighted by atomic mass is 10.1. The fraction of sp³-hybridized carbons (Fsp3) is 0.647. The summed E-state index contributed by atoms with van der Waals surface area (Å²) in [5, 5.41) is 3.64. The first kappa shape index (κ1) is 14.1. The van der Waals surface area contributed by atoms with E-state index >= 15 is 0 Å². The van der Waals surface area contributed by atoms with E-state index in [1.54, 1.807) is 0 Å². The average Bonchev–Trinajstić information content (AvgIpc) is 3.31. The molecule has 1 aromatic carbocycles. The van der Waals surface area contributed by atoms with Gasteiger partial charge in [-0.2, -0.15) is 0 Å². The van der Waals surface area contributed by atoms with Gasteiger partial charge in [0.2, 0.25) is 0 Å². The Labute approximate surface area is 123 Å². The normalized spacial score (nSPS) is 21.2. The molecule has 3 nitrogen and oxygen atoms in total. The van der Waals surface area contributed by atoms with Crippen molar-refractivity contribution < 1.29 is 0 Å². The Hall–Kier alpha value is -0.900. The van der Waals surface area contributed by atoms with E-state index in [0.29, 0.717) is 0 Å². The van der Waals surface area contributed by atoms with Gasteiger partial charge in [0.15, 0.2) is 0 Å². The van der Waals surface area contributed by atoms with Crippen molar-refractivity contribution in [2.24, 2.45) is 0 Å². The Balaban J connectivity index is 1.56. The van der Waals surface area contributed by atoms with Crippen LogP contribution in [-0.4, -0.2) is 48.6 Å². The number of rotatable bonds is 6. The van der Waals surface area contributed by atoms with E-state index in [1.165, 1.54) is 56.7 Å². The van der Waals surface area contributed by atoms with Gasteiger partial charge in [-0.1, -0.05) is 31.2 Å². The number of likely N-dealkylation sites (N-methyl/N-ethyl adjacent to an activating group) is 1. The summed E-state index contributed by atoms with van der Waals surface area (Å²) in [6.45, 7) is 10.5. The zero-order valence-electron chi connectivity index (χ0n) is 12.6. The number of hydrogen-bond donors (Lipinski definition) is 1. The quantitative estimate of drug-likeness (QED) is 0.856. The maximum Gasteiger partial charge on any atom is 0.0238 e. The van der Waals surface area contributed by atoms with Crippen molar-refractivity contribution in [2.45, 2.75) is 38.9 Å². The molecule has 1 saturated carbocycles. The average molecular weight is 273 g/mol. The molecule has 3 rings (SSSR count). The van der Waals surface area contributed by atoms with Crippen molar-refractivity contribution in [2.75, 3.05) is 32.7 Å². The highest BCUT2D eigenvalue weighted by Crippen LogP contribution is 2.20. The van der Waals surface area contributed by atoms with E-state index in [4.69, 9.17) is 0 Å². The third-order valence-electron chi connectivity index (χ3n) is 4.58. The summed E-state index contributed by atoms with van der Waals surface area (Å²) in [7, 11) is 0. The smallest absolute Gasteiger partial charge is 0.0238 e. The zero-order valence-corrected chi connectivity index (χ0v) is 12.6. The summed E-state index contributed by atoms with van der Waals surface area (Å²) < 4.78 is 0. The molecule has 2 fully saturated rings. The molecule has 1 aliphatic heterocycles. The third kappa shape index (κ3) is 3.81. The Morgan fingerprint density at radius 1 is 1.00 bits per heavy atom. The van der Waals surface area contributed by atoms with Gasteiger partial charge in [0.1, 0.15) is 0 Å². The lowest BCUT2D eigenvalue weighted by molar-refractivity contribution is 0.131. The molecule has 2 aliphatic rings. The number of benzene rings is 1. The molecule has 0 amide bonds. The summed E-state index contributed by atoms with van der Waals surface area (Å²) in [4.78, 5) is 5.14. The van der Waals surface area contributed by atoms with Crippen molar-refractivity contribution in [1.29, 1.82) is 0 Å². The summed E-state index contributed by atoms with van der Waals surface area (Å²) >= 11 is 0. The van der Waals surface area contributed by atoms with E-state index in [0.717, 1.165) is 19.1 Å². The largest absolute Gasteiger partial charge is 0.310 e. The van der Waals surface area contributed by atoms with E-state index < -0.39 is 0 Å². The number of piperazine rings is 1. The molecule has 0 spiro atoms. The summed E-state index contributed by atoms with van der Waals surface area (Å²) in [5.74, 6) is 0. The Morgan fingerprint density at radius 2 is 1.65 bits per heavy atom. The van der Waals surface area contributed by atoms with Gasteiger partial charge >= 0.3 is 0 Å². The van der Waals surface area contributed by atoms with Crippen molar-refractivity contribution in [3.8, 4) is 0 Å².